The van der Waals surface area contributed by atoms with E-state index in [2.05, 4.69) is 0 Å². The number of alkyl halides is 3. The third kappa shape index (κ3) is 2.94. The molecule has 1 aromatic carbocycles. The third-order valence-corrected chi connectivity index (χ3v) is 1.74. The number of anilines is 1. The van der Waals surface area contributed by atoms with Crippen molar-refractivity contribution in [2.24, 2.45) is 0 Å². The molecule has 1 amide bonds. The van der Waals surface area contributed by atoms with Gasteiger partial charge < -0.3 is 15.5 Å². The standard InChI is InChI=1S/C9H8F3NO3/c10-9(11,12)8(16)13-6-4-2-1-3-5(6)7(14)15/h1-4,7,14-15H,(H,13,16). The van der Waals surface area contributed by atoms with E-state index in [9.17, 15) is 18.0 Å². The number of benzene rings is 1. The zero-order valence-electron chi connectivity index (χ0n) is 7.82. The first-order chi connectivity index (χ1) is 7.32. The van der Waals surface area contributed by atoms with Crippen molar-refractivity contribution >= 4 is 11.6 Å². The second kappa shape index (κ2) is 4.50. The lowest BCUT2D eigenvalue weighted by atomic mass is 10.1. The van der Waals surface area contributed by atoms with Crippen molar-refractivity contribution in [2.45, 2.75) is 12.5 Å². The van der Waals surface area contributed by atoms with Crippen LogP contribution in [-0.4, -0.2) is 22.3 Å². The number of amides is 1. The van der Waals surface area contributed by atoms with Crippen molar-refractivity contribution < 1.29 is 28.2 Å². The van der Waals surface area contributed by atoms with E-state index in [0.29, 0.717) is 0 Å². The van der Waals surface area contributed by atoms with Gasteiger partial charge in [0, 0.05) is 11.3 Å². The summed E-state index contributed by atoms with van der Waals surface area (Å²) >= 11 is 0. The average Bonchev–Trinajstić information content (AvgIpc) is 2.16. The molecule has 0 bridgehead atoms. The van der Waals surface area contributed by atoms with Gasteiger partial charge in [-0.05, 0) is 6.07 Å². The minimum atomic E-state index is -5.02. The van der Waals surface area contributed by atoms with Crippen molar-refractivity contribution in [1.29, 1.82) is 0 Å². The normalized spacial score (nSPS) is 11.6. The largest absolute Gasteiger partial charge is 0.471 e. The Balaban J connectivity index is 2.94. The molecular weight excluding hydrogens is 227 g/mol. The predicted molar refractivity (Wildman–Crippen MR) is 48.3 cm³/mol. The highest BCUT2D eigenvalue weighted by Gasteiger charge is 2.39. The van der Waals surface area contributed by atoms with Crippen LogP contribution in [0.3, 0.4) is 0 Å². The first-order valence-electron chi connectivity index (χ1n) is 4.15. The summed E-state index contributed by atoms with van der Waals surface area (Å²) in [5.41, 5.74) is -0.500. The molecule has 0 saturated heterocycles. The fourth-order valence-electron chi connectivity index (χ4n) is 1.03. The summed E-state index contributed by atoms with van der Waals surface area (Å²) in [5, 5.41) is 19.2. The molecule has 3 N–H and O–H groups in total. The van der Waals surface area contributed by atoms with Crippen molar-refractivity contribution in [3.05, 3.63) is 29.8 Å². The Kier molecular flexibility index (Phi) is 3.51. The highest BCUT2D eigenvalue weighted by atomic mass is 19.4. The van der Waals surface area contributed by atoms with Gasteiger partial charge in [-0.15, -0.1) is 0 Å². The lowest BCUT2D eigenvalue weighted by molar-refractivity contribution is -0.167. The lowest BCUT2D eigenvalue weighted by Crippen LogP contribution is -2.30. The molecule has 0 aliphatic rings. The van der Waals surface area contributed by atoms with Crippen LogP contribution in [0.1, 0.15) is 11.9 Å². The molecule has 0 saturated carbocycles. The monoisotopic (exact) mass is 235 g/mol. The molecule has 0 atom stereocenters. The van der Waals surface area contributed by atoms with E-state index in [-0.39, 0.29) is 11.3 Å². The number of hydrogen-bond donors (Lipinski definition) is 3. The first-order valence-corrected chi connectivity index (χ1v) is 4.15. The molecule has 0 aromatic heterocycles. The summed E-state index contributed by atoms with van der Waals surface area (Å²) in [4.78, 5) is 10.6. The number of para-hydroxylation sites is 1. The summed E-state index contributed by atoms with van der Waals surface area (Å²) in [6.45, 7) is 0. The molecule has 0 heterocycles. The topological polar surface area (TPSA) is 69.6 Å². The molecule has 0 spiro atoms. The average molecular weight is 235 g/mol. The Morgan fingerprint density at radius 2 is 1.81 bits per heavy atom. The van der Waals surface area contributed by atoms with Crippen LogP contribution in [-0.2, 0) is 4.79 Å². The Morgan fingerprint density at radius 1 is 1.25 bits per heavy atom. The SMILES string of the molecule is O=C(Nc1ccccc1C(O)O)C(F)(F)F. The maximum Gasteiger partial charge on any atom is 0.471 e. The zero-order chi connectivity index (χ0) is 12.3. The fraction of sp³-hybridized carbons (Fsp3) is 0.222. The molecule has 1 aromatic rings. The molecule has 0 aliphatic heterocycles. The number of nitrogens with one attached hydrogen (secondary N) is 1. The van der Waals surface area contributed by atoms with E-state index in [1.807, 2.05) is 0 Å². The molecule has 0 fully saturated rings. The summed E-state index contributed by atoms with van der Waals surface area (Å²) < 4.78 is 35.8. The summed E-state index contributed by atoms with van der Waals surface area (Å²) in [6.07, 6.45) is -6.97. The van der Waals surface area contributed by atoms with Gasteiger partial charge >= 0.3 is 12.1 Å². The van der Waals surface area contributed by atoms with Gasteiger partial charge in [-0.1, -0.05) is 18.2 Å². The Labute approximate surface area is 88.3 Å². The molecule has 0 aliphatic carbocycles. The minimum Gasteiger partial charge on any atom is -0.364 e. The highest BCUT2D eigenvalue weighted by Crippen LogP contribution is 2.23. The third-order valence-electron chi connectivity index (χ3n) is 1.74. The number of aliphatic hydroxyl groups is 2. The Hall–Kier alpha value is -1.60. The van der Waals surface area contributed by atoms with Crippen molar-refractivity contribution in [2.75, 3.05) is 5.32 Å². The minimum absolute atomic E-state index is 0.208. The van der Waals surface area contributed by atoms with E-state index in [1.54, 1.807) is 5.32 Å². The van der Waals surface area contributed by atoms with E-state index >= 15 is 0 Å². The summed E-state index contributed by atoms with van der Waals surface area (Å²) in [5.74, 6) is -2.17. The molecular formula is C9H8F3NO3. The van der Waals surface area contributed by atoms with E-state index in [1.165, 1.54) is 18.2 Å². The van der Waals surface area contributed by atoms with Crippen LogP contribution < -0.4 is 5.32 Å². The van der Waals surface area contributed by atoms with Crippen LogP contribution >= 0.6 is 0 Å². The van der Waals surface area contributed by atoms with Gasteiger partial charge in [0.15, 0.2) is 6.29 Å². The summed E-state index contributed by atoms with van der Waals surface area (Å²) in [7, 11) is 0. The first kappa shape index (κ1) is 12.5. The molecule has 1 rings (SSSR count). The molecule has 0 unspecified atom stereocenters. The van der Waals surface area contributed by atoms with Crippen LogP contribution in [0.25, 0.3) is 0 Å². The second-order valence-electron chi connectivity index (χ2n) is 2.91. The van der Waals surface area contributed by atoms with Gasteiger partial charge in [0.25, 0.3) is 0 Å². The number of hydrogen-bond acceptors (Lipinski definition) is 3. The van der Waals surface area contributed by atoms with Gasteiger partial charge in [-0.3, -0.25) is 4.79 Å². The van der Waals surface area contributed by atoms with Crippen molar-refractivity contribution in [1.82, 2.24) is 0 Å². The molecule has 88 valence electrons. The van der Waals surface area contributed by atoms with E-state index in [0.717, 1.165) is 6.07 Å². The predicted octanol–water partition coefficient (Wildman–Crippen LogP) is 1.17. The number of rotatable bonds is 2. The van der Waals surface area contributed by atoms with Gasteiger partial charge in [0.05, 0.1) is 0 Å². The molecule has 16 heavy (non-hydrogen) atoms. The Bertz CT molecular complexity index is 390. The van der Waals surface area contributed by atoms with Crippen LogP contribution in [0.5, 0.6) is 0 Å². The smallest absolute Gasteiger partial charge is 0.364 e. The van der Waals surface area contributed by atoms with E-state index < -0.39 is 18.4 Å². The van der Waals surface area contributed by atoms with Gasteiger partial charge in [-0.25, -0.2) is 0 Å². The van der Waals surface area contributed by atoms with Gasteiger partial charge in [0.1, 0.15) is 0 Å². The van der Waals surface area contributed by atoms with Crippen molar-refractivity contribution in [3.8, 4) is 0 Å². The van der Waals surface area contributed by atoms with E-state index in [4.69, 9.17) is 10.2 Å². The lowest BCUT2D eigenvalue weighted by Gasteiger charge is -2.13. The maximum absolute atomic E-state index is 11.9. The van der Waals surface area contributed by atoms with Crippen LogP contribution in [0.4, 0.5) is 18.9 Å². The number of aliphatic hydroxyl groups excluding tert-OH is 1. The molecule has 7 heteroatoms. The molecule has 0 radical (unpaired) electrons. The quantitative estimate of drug-likeness (QED) is 0.674. The Morgan fingerprint density at radius 3 is 2.31 bits per heavy atom. The molecule has 4 nitrogen and oxygen atoms in total. The number of carbonyl (C=O) groups is 1. The fourth-order valence-corrected chi connectivity index (χ4v) is 1.03. The zero-order valence-corrected chi connectivity index (χ0v) is 7.82. The van der Waals surface area contributed by atoms with Gasteiger partial charge in [-0.2, -0.15) is 13.2 Å². The number of carbonyl (C=O) groups excluding carboxylic acids is 1. The maximum atomic E-state index is 11.9. The number of halogens is 3. The van der Waals surface area contributed by atoms with Crippen LogP contribution in [0.2, 0.25) is 0 Å². The van der Waals surface area contributed by atoms with Crippen LogP contribution in [0.15, 0.2) is 24.3 Å². The van der Waals surface area contributed by atoms with Gasteiger partial charge in [0.2, 0.25) is 0 Å². The van der Waals surface area contributed by atoms with Crippen molar-refractivity contribution in [3.63, 3.8) is 0 Å². The second-order valence-corrected chi connectivity index (χ2v) is 2.91. The highest BCUT2D eigenvalue weighted by molar-refractivity contribution is 5.95. The summed E-state index contributed by atoms with van der Waals surface area (Å²) in [6, 6.07) is 5.09. The van der Waals surface area contributed by atoms with Crippen LogP contribution in [0, 0.1) is 0 Å².